The second-order valence-corrected chi connectivity index (χ2v) is 7.81. The zero-order valence-corrected chi connectivity index (χ0v) is 18.4. The predicted molar refractivity (Wildman–Crippen MR) is 132 cm³/mol. The highest BCUT2D eigenvalue weighted by Crippen LogP contribution is 2.28. The molecule has 7 nitrogen and oxygen atoms in total. The average molecular weight is 427 g/mol. The maximum absolute atomic E-state index is 13.8. The summed E-state index contributed by atoms with van der Waals surface area (Å²) in [5.74, 6) is 0.227. The van der Waals surface area contributed by atoms with E-state index >= 15 is 0 Å². The van der Waals surface area contributed by atoms with Crippen molar-refractivity contribution >= 4 is 28.0 Å². The Kier molecular flexibility index (Phi) is 5.64. The normalized spacial score (nSPS) is 12.7. The fraction of sp³-hybridized carbons (Fsp3) is 0.160. The number of amidine groups is 1. The minimum Gasteiger partial charge on any atom is -0.397 e. The number of aliphatic imine (C=N–C) groups is 1. The van der Waals surface area contributed by atoms with Crippen LogP contribution in [0.4, 0.5) is 11.4 Å². The Bertz CT molecular complexity index is 1360. The molecule has 162 valence electrons. The summed E-state index contributed by atoms with van der Waals surface area (Å²) in [4.78, 5) is 24.7. The Balaban J connectivity index is 1.97. The van der Waals surface area contributed by atoms with Crippen molar-refractivity contribution in [1.82, 2.24) is 9.55 Å². The van der Waals surface area contributed by atoms with E-state index in [0.29, 0.717) is 16.8 Å². The van der Waals surface area contributed by atoms with Crippen LogP contribution in [0, 0.1) is 0 Å². The highest BCUT2D eigenvalue weighted by Gasteiger charge is 2.19. The molecule has 0 saturated carbocycles. The van der Waals surface area contributed by atoms with Gasteiger partial charge in [-0.3, -0.25) is 19.3 Å². The van der Waals surface area contributed by atoms with Crippen LogP contribution in [0.2, 0.25) is 0 Å². The van der Waals surface area contributed by atoms with E-state index in [-0.39, 0.29) is 11.4 Å². The molecule has 0 aliphatic rings. The molecule has 1 unspecified atom stereocenters. The molecule has 4 aromatic rings. The number of aromatic nitrogens is 2. The quantitative estimate of drug-likeness (QED) is 0.376. The van der Waals surface area contributed by atoms with Crippen molar-refractivity contribution in [2.45, 2.75) is 13.0 Å². The molecule has 7 heteroatoms. The average Bonchev–Trinajstić information content (AvgIpc) is 2.79. The summed E-state index contributed by atoms with van der Waals surface area (Å²) in [5.41, 5.74) is 15.4. The van der Waals surface area contributed by atoms with Crippen LogP contribution in [0.15, 0.2) is 82.7 Å². The van der Waals surface area contributed by atoms with Gasteiger partial charge < -0.3 is 16.4 Å². The number of benzene rings is 2. The second-order valence-electron chi connectivity index (χ2n) is 7.81. The summed E-state index contributed by atoms with van der Waals surface area (Å²) >= 11 is 0. The Labute approximate surface area is 186 Å². The van der Waals surface area contributed by atoms with Gasteiger partial charge in [-0.1, -0.05) is 30.3 Å². The summed E-state index contributed by atoms with van der Waals surface area (Å²) in [6.45, 7) is 1.90. The van der Waals surface area contributed by atoms with E-state index in [1.54, 1.807) is 22.9 Å². The van der Waals surface area contributed by atoms with Gasteiger partial charge >= 0.3 is 0 Å². The summed E-state index contributed by atoms with van der Waals surface area (Å²) in [5, 5.41) is 1.50. The van der Waals surface area contributed by atoms with E-state index in [1.807, 2.05) is 80.5 Å². The van der Waals surface area contributed by atoms with Crippen LogP contribution in [0.25, 0.3) is 16.5 Å². The van der Waals surface area contributed by atoms with Gasteiger partial charge in [0, 0.05) is 31.7 Å². The first kappa shape index (κ1) is 21.1. The molecular weight excluding hydrogens is 400 g/mol. The summed E-state index contributed by atoms with van der Waals surface area (Å²) < 4.78 is 1.71. The number of nitrogens with zero attached hydrogens (tertiary/aromatic N) is 4. The molecular formula is C25H26N6O. The van der Waals surface area contributed by atoms with Crippen LogP contribution >= 0.6 is 0 Å². The molecule has 0 spiro atoms. The van der Waals surface area contributed by atoms with Gasteiger partial charge in [0.2, 0.25) is 0 Å². The smallest absolute Gasteiger partial charge is 0.265 e. The van der Waals surface area contributed by atoms with Gasteiger partial charge in [-0.2, -0.15) is 0 Å². The number of nitrogens with two attached hydrogens (primary N) is 2. The van der Waals surface area contributed by atoms with Crippen molar-refractivity contribution < 1.29 is 0 Å². The molecule has 4 N–H and O–H groups in total. The van der Waals surface area contributed by atoms with Gasteiger partial charge in [-0.25, -0.2) is 0 Å². The lowest BCUT2D eigenvalue weighted by Crippen LogP contribution is -2.26. The van der Waals surface area contributed by atoms with Gasteiger partial charge in [-0.05, 0) is 48.7 Å². The molecule has 0 saturated heterocycles. The molecule has 32 heavy (non-hydrogen) atoms. The third kappa shape index (κ3) is 3.80. The lowest BCUT2D eigenvalue weighted by Gasteiger charge is -2.21. The lowest BCUT2D eigenvalue weighted by atomic mass is 10.1. The van der Waals surface area contributed by atoms with Crippen molar-refractivity contribution in [3.05, 3.63) is 94.7 Å². The van der Waals surface area contributed by atoms with Crippen molar-refractivity contribution in [2.75, 3.05) is 24.7 Å². The van der Waals surface area contributed by atoms with Crippen molar-refractivity contribution in [3.63, 3.8) is 0 Å². The number of nitrogen functional groups attached to an aromatic ring is 1. The van der Waals surface area contributed by atoms with Gasteiger partial charge in [0.15, 0.2) is 0 Å². The van der Waals surface area contributed by atoms with Crippen LogP contribution < -0.4 is 21.9 Å². The van der Waals surface area contributed by atoms with Gasteiger partial charge in [0.1, 0.15) is 11.5 Å². The van der Waals surface area contributed by atoms with Crippen LogP contribution in [0.1, 0.15) is 24.4 Å². The van der Waals surface area contributed by atoms with Gasteiger partial charge in [-0.15, -0.1) is 0 Å². The van der Waals surface area contributed by atoms with Crippen molar-refractivity contribution in [3.8, 4) is 5.69 Å². The highest BCUT2D eigenvalue weighted by molar-refractivity contribution is 6.00. The lowest BCUT2D eigenvalue weighted by molar-refractivity contribution is 0.735. The number of fused-ring (bicyclic) bond motifs is 1. The van der Waals surface area contributed by atoms with E-state index < -0.39 is 6.04 Å². The van der Waals surface area contributed by atoms with E-state index in [4.69, 9.17) is 11.5 Å². The molecule has 2 aromatic carbocycles. The van der Waals surface area contributed by atoms with Crippen LogP contribution in [-0.2, 0) is 0 Å². The SMILES string of the molecule is CC(N=C(N)c1ncccc1N)c1cc2cccc(N(C)C)c2c(=O)n1-c1ccccc1. The number of rotatable bonds is 5. The third-order valence-electron chi connectivity index (χ3n) is 5.39. The Morgan fingerprint density at radius 2 is 1.81 bits per heavy atom. The summed E-state index contributed by atoms with van der Waals surface area (Å²) in [7, 11) is 3.86. The van der Waals surface area contributed by atoms with Crippen molar-refractivity contribution in [1.29, 1.82) is 0 Å². The molecule has 2 heterocycles. The van der Waals surface area contributed by atoms with E-state index in [9.17, 15) is 4.79 Å². The van der Waals surface area contributed by atoms with Gasteiger partial charge in [0.05, 0.1) is 22.8 Å². The molecule has 4 rings (SSSR count). The number of hydrogen-bond acceptors (Lipinski definition) is 5. The summed E-state index contributed by atoms with van der Waals surface area (Å²) in [6, 6.07) is 20.4. The number of para-hydroxylation sites is 1. The molecule has 0 radical (unpaired) electrons. The van der Waals surface area contributed by atoms with Crippen LogP contribution in [-0.4, -0.2) is 29.5 Å². The molecule has 0 aliphatic heterocycles. The van der Waals surface area contributed by atoms with Crippen molar-refractivity contribution in [2.24, 2.45) is 10.7 Å². The monoisotopic (exact) mass is 426 g/mol. The maximum Gasteiger partial charge on any atom is 0.265 e. The van der Waals surface area contributed by atoms with E-state index in [2.05, 4.69) is 9.98 Å². The van der Waals surface area contributed by atoms with Crippen LogP contribution in [0.3, 0.4) is 0 Å². The predicted octanol–water partition coefficient (Wildman–Crippen LogP) is 3.50. The van der Waals surface area contributed by atoms with E-state index in [0.717, 1.165) is 22.5 Å². The van der Waals surface area contributed by atoms with Crippen LogP contribution in [0.5, 0.6) is 0 Å². The Morgan fingerprint density at radius 3 is 2.50 bits per heavy atom. The molecule has 0 fully saturated rings. The minimum absolute atomic E-state index is 0.106. The number of pyridine rings is 2. The molecule has 1 atom stereocenters. The first-order valence-electron chi connectivity index (χ1n) is 10.3. The second kappa shape index (κ2) is 8.55. The zero-order chi connectivity index (χ0) is 22.8. The largest absolute Gasteiger partial charge is 0.397 e. The Hall–Kier alpha value is -4.13. The number of hydrogen-bond donors (Lipinski definition) is 2. The first-order chi connectivity index (χ1) is 15.4. The molecule has 0 aliphatic carbocycles. The van der Waals surface area contributed by atoms with E-state index in [1.165, 1.54) is 0 Å². The molecule has 0 bridgehead atoms. The third-order valence-corrected chi connectivity index (χ3v) is 5.39. The fourth-order valence-corrected chi connectivity index (χ4v) is 3.85. The first-order valence-corrected chi connectivity index (χ1v) is 10.3. The standard InChI is InChI=1S/C25H26N6O/c1-16(29-24(27)23-19(26)12-8-14-28-23)21-15-17-9-7-13-20(30(2)3)22(17)25(32)31(21)18-10-5-4-6-11-18/h4-16H,26H2,1-3H3,(H2,27,29). The summed E-state index contributed by atoms with van der Waals surface area (Å²) in [6.07, 6.45) is 1.62. The number of anilines is 2. The Morgan fingerprint density at radius 1 is 1.06 bits per heavy atom. The topological polar surface area (TPSA) is 103 Å². The zero-order valence-electron chi connectivity index (χ0n) is 18.4. The molecule has 0 amide bonds. The molecule has 2 aromatic heterocycles. The minimum atomic E-state index is -0.420. The fourth-order valence-electron chi connectivity index (χ4n) is 3.85. The maximum atomic E-state index is 13.8. The highest BCUT2D eigenvalue weighted by atomic mass is 16.1. The van der Waals surface area contributed by atoms with Gasteiger partial charge in [0.25, 0.3) is 5.56 Å².